The van der Waals surface area contributed by atoms with E-state index in [2.05, 4.69) is 45.5 Å². The van der Waals surface area contributed by atoms with Gasteiger partial charge in [-0.3, -0.25) is 10.9 Å². The summed E-state index contributed by atoms with van der Waals surface area (Å²) in [5, 5.41) is 29.7. The van der Waals surface area contributed by atoms with Crippen LogP contribution in [-0.2, 0) is 32.6 Å². The quantitative estimate of drug-likeness (QED) is 0.183. The zero-order valence-corrected chi connectivity index (χ0v) is 22.6. The zero-order valence-electron chi connectivity index (χ0n) is 15.3. The Kier molecular flexibility index (Phi) is 19.9. The van der Waals surface area contributed by atoms with Crippen molar-refractivity contribution in [3.8, 4) is 11.5 Å². The van der Waals surface area contributed by atoms with Crippen molar-refractivity contribution in [3.63, 3.8) is 0 Å². The van der Waals surface area contributed by atoms with E-state index < -0.39 is 0 Å². The van der Waals surface area contributed by atoms with Gasteiger partial charge >= 0.3 is 52.8 Å². The van der Waals surface area contributed by atoms with Crippen molar-refractivity contribution in [3.05, 3.63) is 59.7 Å². The average molecular weight is 580 g/mol. The summed E-state index contributed by atoms with van der Waals surface area (Å²) >= 11 is 9.04. The second kappa shape index (κ2) is 19.4. The fraction of sp³-hybridized carbons (Fsp3) is 0. The molecule has 8 nitrogen and oxygen atoms in total. The number of nitrogens with one attached hydrogen (secondary N) is 2. The predicted octanol–water partition coefficient (Wildman–Crippen LogP) is 1.23. The summed E-state index contributed by atoms with van der Waals surface area (Å²) < 4.78 is 0. The number of thiocarbonyl (C=S) groups is 2. The van der Waals surface area contributed by atoms with Gasteiger partial charge in [0.2, 0.25) is 0 Å². The maximum Gasteiger partial charge on any atom is 2.00 e. The van der Waals surface area contributed by atoms with Gasteiger partial charge in [0, 0.05) is 0 Å². The van der Waals surface area contributed by atoms with Crippen LogP contribution in [0, 0.1) is 0 Å². The molecule has 0 saturated carbocycles. The van der Waals surface area contributed by atoms with E-state index in [1.54, 1.807) is 36.4 Å². The Labute approximate surface area is 212 Å². The van der Waals surface area contributed by atoms with Crippen LogP contribution in [0.2, 0.25) is 0 Å². The number of rotatable bonds is 4. The Morgan fingerprint density at radius 3 is 1.40 bits per heavy atom. The molecule has 14 heteroatoms. The predicted molar refractivity (Wildman–Crippen MR) is 119 cm³/mol. The molecular weight excluding hydrogens is 564 g/mol. The van der Waals surface area contributed by atoms with Crippen LogP contribution in [0.25, 0.3) is 0 Å². The molecule has 0 saturated heterocycles. The summed E-state index contributed by atoms with van der Waals surface area (Å²) in [6, 6.07) is 13.1. The summed E-state index contributed by atoms with van der Waals surface area (Å²) in [5.41, 5.74) is 16.0. The van der Waals surface area contributed by atoms with Gasteiger partial charge in [-0.1, -0.05) is 60.0 Å². The minimum atomic E-state index is -0.0870. The van der Waals surface area contributed by atoms with Crippen molar-refractivity contribution >= 4 is 67.3 Å². The SMILES string of the molecule is NC(=S)N/N=C/c1ccccc1[O-].NC(=S)N/N=C/c1ccccc1[O-].[Cl][Mn][Cl].[Zn+2]. The number of para-hydroxylation sites is 2. The van der Waals surface area contributed by atoms with Crippen molar-refractivity contribution in [2.24, 2.45) is 21.7 Å². The second-order valence-corrected chi connectivity index (χ2v) is 7.43. The number of hydrogen-bond acceptors (Lipinski definition) is 6. The van der Waals surface area contributed by atoms with Crippen molar-refractivity contribution < 1.29 is 42.8 Å². The zero-order chi connectivity index (χ0) is 22.1. The molecule has 2 aromatic rings. The van der Waals surface area contributed by atoms with Gasteiger partial charge in [0.05, 0.1) is 12.4 Å². The summed E-state index contributed by atoms with van der Waals surface area (Å²) in [7, 11) is 9.59. The molecule has 0 atom stereocenters. The van der Waals surface area contributed by atoms with E-state index >= 15 is 0 Å². The first kappa shape index (κ1) is 30.7. The minimum Gasteiger partial charge on any atom is 2.00 e. The van der Waals surface area contributed by atoms with E-state index in [9.17, 15) is 10.2 Å². The summed E-state index contributed by atoms with van der Waals surface area (Å²) in [6.07, 6.45) is 2.75. The molecule has 0 aliphatic heterocycles. The van der Waals surface area contributed by atoms with Crippen LogP contribution >= 0.6 is 44.6 Å². The van der Waals surface area contributed by atoms with Gasteiger partial charge in [0.1, 0.15) is 0 Å². The smallest absolute Gasteiger partial charge is 2.00 e. The van der Waals surface area contributed by atoms with Crippen LogP contribution in [0.4, 0.5) is 0 Å². The Hall–Kier alpha value is -1.52. The van der Waals surface area contributed by atoms with Crippen LogP contribution in [0.1, 0.15) is 11.1 Å². The van der Waals surface area contributed by atoms with Gasteiger partial charge in [-0.15, -0.1) is 0 Å². The number of hydrazone groups is 2. The molecule has 2 aromatic carbocycles. The van der Waals surface area contributed by atoms with Gasteiger partial charge in [0.25, 0.3) is 0 Å². The molecule has 0 bridgehead atoms. The third-order valence-electron chi connectivity index (χ3n) is 2.59. The molecule has 6 N–H and O–H groups in total. The van der Waals surface area contributed by atoms with E-state index in [1.165, 1.54) is 24.6 Å². The standard InChI is InChI=1S/2C8H9N3OS.2ClH.Mn.Zn/c2*9-8(13)11-10-5-6-3-1-2-4-7(6)12;;;;/h2*1-5,12H,(H3,9,11,13);2*1H;;/q;;;;2*+2/p-4/b2*10-5+;;;;. The minimum absolute atomic E-state index is 0. The van der Waals surface area contributed by atoms with E-state index in [1.807, 2.05) is 0 Å². The van der Waals surface area contributed by atoms with Crippen LogP contribution in [-0.4, -0.2) is 22.7 Å². The molecule has 0 unspecified atom stereocenters. The molecule has 0 aliphatic rings. The van der Waals surface area contributed by atoms with E-state index in [4.69, 9.17) is 31.7 Å². The van der Waals surface area contributed by atoms with Gasteiger partial charge in [-0.2, -0.15) is 10.2 Å². The van der Waals surface area contributed by atoms with Crippen LogP contribution in [0.5, 0.6) is 11.5 Å². The number of hydrogen-bond donors (Lipinski definition) is 4. The Balaban J connectivity index is 0. The fourth-order valence-electron chi connectivity index (χ4n) is 1.51. The van der Waals surface area contributed by atoms with E-state index in [0.29, 0.717) is 11.1 Å². The van der Waals surface area contributed by atoms with E-state index in [-0.39, 0.29) is 54.3 Å². The molecule has 157 valence electrons. The first-order valence-corrected chi connectivity index (χ1v) is 11.4. The molecule has 0 fully saturated rings. The molecular formula is C16H16Cl2MnN6O2S2Zn. The second-order valence-electron chi connectivity index (χ2n) is 4.60. The van der Waals surface area contributed by atoms with E-state index in [0.717, 1.165) is 0 Å². The first-order valence-electron chi connectivity index (χ1n) is 7.38. The summed E-state index contributed by atoms with van der Waals surface area (Å²) in [4.78, 5) is 0. The molecule has 0 spiro atoms. The largest absolute Gasteiger partial charge is 2.00 e. The number of nitrogens with zero attached hydrogens (tertiary/aromatic N) is 2. The third kappa shape index (κ3) is 16.3. The normalized spacial score (nSPS) is 9.40. The Morgan fingerprint density at radius 2 is 1.13 bits per heavy atom. The maximum atomic E-state index is 11.1. The molecule has 2 rings (SSSR count). The summed E-state index contributed by atoms with van der Waals surface area (Å²) in [6.45, 7) is 0. The Bertz CT molecular complexity index is 781. The van der Waals surface area contributed by atoms with Crippen molar-refractivity contribution in [1.82, 2.24) is 10.9 Å². The van der Waals surface area contributed by atoms with Crippen LogP contribution in [0.3, 0.4) is 0 Å². The Morgan fingerprint density at radius 1 is 0.833 bits per heavy atom. The van der Waals surface area contributed by atoms with Crippen molar-refractivity contribution in [2.75, 3.05) is 0 Å². The van der Waals surface area contributed by atoms with Crippen LogP contribution < -0.4 is 32.5 Å². The third-order valence-corrected chi connectivity index (χ3v) is 2.78. The molecule has 0 heterocycles. The van der Waals surface area contributed by atoms with Crippen molar-refractivity contribution in [2.45, 2.75) is 0 Å². The average Bonchev–Trinajstić information content (AvgIpc) is 2.66. The van der Waals surface area contributed by atoms with Crippen LogP contribution in [0.15, 0.2) is 58.7 Å². The number of benzene rings is 2. The van der Waals surface area contributed by atoms with Gasteiger partial charge in [-0.05, 0) is 35.6 Å². The summed E-state index contributed by atoms with van der Waals surface area (Å²) in [5.74, 6) is -0.174. The molecule has 0 radical (unpaired) electrons. The van der Waals surface area contributed by atoms with Gasteiger partial charge < -0.3 is 21.7 Å². The monoisotopic (exact) mass is 577 g/mol. The maximum absolute atomic E-state index is 11.1. The molecule has 0 aliphatic carbocycles. The van der Waals surface area contributed by atoms with Crippen molar-refractivity contribution in [1.29, 1.82) is 0 Å². The molecule has 0 aromatic heterocycles. The molecule has 0 amide bonds. The topological polar surface area (TPSA) is 147 Å². The van der Waals surface area contributed by atoms with Gasteiger partial charge in [0.15, 0.2) is 10.2 Å². The number of halogens is 2. The number of nitrogens with two attached hydrogens (primary N) is 2. The molecule has 30 heavy (non-hydrogen) atoms. The fourth-order valence-corrected chi connectivity index (χ4v) is 1.61. The van der Waals surface area contributed by atoms with Gasteiger partial charge in [-0.25, -0.2) is 0 Å². The first-order chi connectivity index (χ1) is 13.8.